The molecule has 0 heterocycles. The second kappa shape index (κ2) is 8.67. The van der Waals surface area contributed by atoms with Crippen molar-refractivity contribution in [3.8, 4) is 5.75 Å². The maximum Gasteiger partial charge on any atom is 0.260 e. The van der Waals surface area contributed by atoms with Gasteiger partial charge >= 0.3 is 0 Å². The summed E-state index contributed by atoms with van der Waals surface area (Å²) in [5, 5.41) is 2.90. The van der Waals surface area contributed by atoms with Crippen LogP contribution in [0.3, 0.4) is 0 Å². The van der Waals surface area contributed by atoms with Crippen molar-refractivity contribution in [2.75, 3.05) is 6.54 Å². The van der Waals surface area contributed by atoms with Gasteiger partial charge in [-0.15, -0.1) is 0 Å². The van der Waals surface area contributed by atoms with Crippen LogP contribution in [-0.4, -0.2) is 18.6 Å². The van der Waals surface area contributed by atoms with Gasteiger partial charge < -0.3 is 15.8 Å². The van der Waals surface area contributed by atoms with Crippen LogP contribution in [0, 0.1) is 6.92 Å². The van der Waals surface area contributed by atoms with Crippen LogP contribution in [0.15, 0.2) is 18.2 Å². The fourth-order valence-corrected chi connectivity index (χ4v) is 2.11. The van der Waals surface area contributed by atoms with Gasteiger partial charge in [0.2, 0.25) is 0 Å². The lowest BCUT2D eigenvalue weighted by Crippen LogP contribution is -2.37. The summed E-state index contributed by atoms with van der Waals surface area (Å²) >= 11 is 0. The van der Waals surface area contributed by atoms with Gasteiger partial charge in [0.1, 0.15) is 5.75 Å². The Hall–Kier alpha value is -1.55. The lowest BCUT2D eigenvalue weighted by molar-refractivity contribution is -0.127. The molecule has 1 aromatic carbocycles. The summed E-state index contributed by atoms with van der Waals surface area (Å²) in [6.45, 7) is 8.53. The third-order valence-electron chi connectivity index (χ3n) is 3.41. The number of amides is 1. The number of unbranched alkanes of at least 4 members (excludes halogenated alkanes) is 2. The highest BCUT2D eigenvalue weighted by Crippen LogP contribution is 2.25. The van der Waals surface area contributed by atoms with Gasteiger partial charge in [-0.3, -0.25) is 4.79 Å². The monoisotopic (exact) mass is 292 g/mol. The van der Waals surface area contributed by atoms with E-state index in [1.807, 2.05) is 32.0 Å². The minimum Gasteiger partial charge on any atom is -0.481 e. The molecule has 0 aliphatic rings. The molecule has 0 fully saturated rings. The van der Waals surface area contributed by atoms with Crippen molar-refractivity contribution in [3.63, 3.8) is 0 Å². The van der Waals surface area contributed by atoms with E-state index in [4.69, 9.17) is 10.5 Å². The number of hydrogen-bond acceptors (Lipinski definition) is 3. The second-order valence-electron chi connectivity index (χ2n) is 5.59. The summed E-state index contributed by atoms with van der Waals surface area (Å²) in [7, 11) is 0. The van der Waals surface area contributed by atoms with Crippen molar-refractivity contribution in [3.05, 3.63) is 29.3 Å². The first-order valence-electron chi connectivity index (χ1n) is 7.76. The maximum absolute atomic E-state index is 12.0. The van der Waals surface area contributed by atoms with E-state index in [2.05, 4.69) is 12.2 Å². The number of hydrogen-bond donors (Lipinski definition) is 2. The molecular formula is C17H28N2O2. The van der Waals surface area contributed by atoms with E-state index in [0.717, 1.165) is 30.4 Å². The van der Waals surface area contributed by atoms with Gasteiger partial charge in [-0.1, -0.05) is 37.5 Å². The number of benzene rings is 1. The number of nitrogens with two attached hydrogens (primary N) is 1. The number of nitrogens with one attached hydrogen (secondary N) is 1. The molecule has 4 nitrogen and oxygen atoms in total. The fraction of sp³-hybridized carbons (Fsp3) is 0.588. The summed E-state index contributed by atoms with van der Waals surface area (Å²) in [6, 6.07) is 5.73. The Bertz CT molecular complexity index is 458. The number of rotatable bonds is 8. The van der Waals surface area contributed by atoms with Crippen LogP contribution in [0.5, 0.6) is 5.75 Å². The zero-order valence-electron chi connectivity index (χ0n) is 13.6. The zero-order chi connectivity index (χ0) is 15.8. The molecule has 0 aromatic heterocycles. The Morgan fingerprint density at radius 2 is 2.05 bits per heavy atom. The smallest absolute Gasteiger partial charge is 0.260 e. The third kappa shape index (κ3) is 5.76. The first-order chi connectivity index (χ1) is 9.95. The molecule has 2 atom stereocenters. The van der Waals surface area contributed by atoms with Gasteiger partial charge in [0.15, 0.2) is 6.10 Å². The highest BCUT2D eigenvalue weighted by molar-refractivity contribution is 5.80. The number of aryl methyl sites for hydroxylation is 1. The van der Waals surface area contributed by atoms with Gasteiger partial charge in [0.05, 0.1) is 0 Å². The quantitative estimate of drug-likeness (QED) is 0.724. The zero-order valence-corrected chi connectivity index (χ0v) is 13.6. The summed E-state index contributed by atoms with van der Waals surface area (Å²) in [6.07, 6.45) is 2.75. The Labute approximate surface area is 128 Å². The lowest BCUT2D eigenvalue weighted by Gasteiger charge is -2.19. The summed E-state index contributed by atoms with van der Waals surface area (Å²) in [5.41, 5.74) is 8.03. The molecule has 2 unspecified atom stereocenters. The first kappa shape index (κ1) is 17.5. The molecule has 0 aliphatic heterocycles. The van der Waals surface area contributed by atoms with Crippen molar-refractivity contribution in [2.45, 2.75) is 59.1 Å². The van der Waals surface area contributed by atoms with Gasteiger partial charge in [0, 0.05) is 18.2 Å². The van der Waals surface area contributed by atoms with Gasteiger partial charge in [0.25, 0.3) is 5.91 Å². The van der Waals surface area contributed by atoms with E-state index in [0.29, 0.717) is 12.3 Å². The van der Waals surface area contributed by atoms with E-state index < -0.39 is 6.10 Å². The van der Waals surface area contributed by atoms with Crippen LogP contribution in [0.25, 0.3) is 0 Å². The van der Waals surface area contributed by atoms with E-state index in [1.54, 1.807) is 6.92 Å². The Balaban J connectivity index is 2.61. The molecule has 0 aliphatic carbocycles. The van der Waals surface area contributed by atoms with Crippen molar-refractivity contribution < 1.29 is 9.53 Å². The van der Waals surface area contributed by atoms with E-state index in [1.165, 1.54) is 0 Å². The predicted octanol–water partition coefficient (Wildman–Crippen LogP) is 3.09. The molecule has 0 bridgehead atoms. The Morgan fingerprint density at radius 3 is 2.67 bits per heavy atom. The van der Waals surface area contributed by atoms with Crippen molar-refractivity contribution in [2.24, 2.45) is 5.73 Å². The predicted molar refractivity (Wildman–Crippen MR) is 86.4 cm³/mol. The van der Waals surface area contributed by atoms with E-state index in [9.17, 15) is 4.79 Å². The SMILES string of the molecule is CCCCCNC(=O)C(C)Oc1ccc(C)cc1C(C)N. The summed E-state index contributed by atoms with van der Waals surface area (Å²) in [5.74, 6) is 0.606. The molecular weight excluding hydrogens is 264 g/mol. The fourth-order valence-electron chi connectivity index (χ4n) is 2.11. The lowest BCUT2D eigenvalue weighted by atomic mass is 10.1. The molecule has 0 radical (unpaired) electrons. The molecule has 3 N–H and O–H groups in total. The normalized spacial score (nSPS) is 13.6. The number of carbonyl (C=O) groups excluding carboxylic acids is 1. The van der Waals surface area contributed by atoms with Gasteiger partial charge in [-0.25, -0.2) is 0 Å². The Morgan fingerprint density at radius 1 is 1.33 bits per heavy atom. The number of carbonyl (C=O) groups is 1. The highest BCUT2D eigenvalue weighted by Gasteiger charge is 2.17. The Kier molecular flexibility index (Phi) is 7.23. The molecule has 1 amide bonds. The van der Waals surface area contributed by atoms with Crippen molar-refractivity contribution in [1.82, 2.24) is 5.32 Å². The van der Waals surface area contributed by atoms with Gasteiger partial charge in [-0.2, -0.15) is 0 Å². The van der Waals surface area contributed by atoms with Crippen LogP contribution in [0.1, 0.15) is 57.2 Å². The van der Waals surface area contributed by atoms with Crippen LogP contribution in [-0.2, 0) is 4.79 Å². The summed E-state index contributed by atoms with van der Waals surface area (Å²) < 4.78 is 5.79. The first-order valence-corrected chi connectivity index (χ1v) is 7.76. The average molecular weight is 292 g/mol. The minimum atomic E-state index is -0.521. The van der Waals surface area contributed by atoms with E-state index >= 15 is 0 Å². The van der Waals surface area contributed by atoms with Gasteiger partial charge in [-0.05, 0) is 33.3 Å². The van der Waals surface area contributed by atoms with Crippen LogP contribution in [0.2, 0.25) is 0 Å². The van der Waals surface area contributed by atoms with Crippen LogP contribution >= 0.6 is 0 Å². The largest absolute Gasteiger partial charge is 0.481 e. The van der Waals surface area contributed by atoms with Crippen molar-refractivity contribution >= 4 is 5.91 Å². The minimum absolute atomic E-state index is 0.0812. The standard InChI is InChI=1S/C17H28N2O2/c1-5-6-7-10-19-17(20)14(4)21-16-9-8-12(2)11-15(16)13(3)18/h8-9,11,13-14H,5-7,10,18H2,1-4H3,(H,19,20). The third-order valence-corrected chi connectivity index (χ3v) is 3.41. The number of ether oxygens (including phenoxy) is 1. The molecule has 4 heteroatoms. The average Bonchev–Trinajstić information content (AvgIpc) is 2.44. The molecule has 1 rings (SSSR count). The van der Waals surface area contributed by atoms with Crippen LogP contribution < -0.4 is 15.8 Å². The highest BCUT2D eigenvalue weighted by atomic mass is 16.5. The molecule has 118 valence electrons. The molecule has 21 heavy (non-hydrogen) atoms. The molecule has 0 saturated heterocycles. The summed E-state index contributed by atoms with van der Waals surface area (Å²) in [4.78, 5) is 12.0. The van der Waals surface area contributed by atoms with Crippen LogP contribution in [0.4, 0.5) is 0 Å². The van der Waals surface area contributed by atoms with E-state index in [-0.39, 0.29) is 11.9 Å². The molecule has 0 spiro atoms. The molecule has 1 aromatic rings. The maximum atomic E-state index is 12.0. The molecule has 0 saturated carbocycles. The second-order valence-corrected chi connectivity index (χ2v) is 5.59. The van der Waals surface area contributed by atoms with Crippen molar-refractivity contribution in [1.29, 1.82) is 0 Å². The topological polar surface area (TPSA) is 64.3 Å².